The second-order valence-corrected chi connectivity index (χ2v) is 6.98. The van der Waals surface area contributed by atoms with Gasteiger partial charge in [0.2, 0.25) is 5.91 Å². The Kier molecular flexibility index (Phi) is 7.52. The maximum absolute atomic E-state index is 12.2. The van der Waals surface area contributed by atoms with E-state index in [4.69, 9.17) is 16.3 Å². The number of piperazine rings is 1. The van der Waals surface area contributed by atoms with Crippen molar-refractivity contribution in [2.24, 2.45) is 0 Å². The van der Waals surface area contributed by atoms with Crippen molar-refractivity contribution in [1.29, 1.82) is 0 Å². The van der Waals surface area contributed by atoms with Crippen LogP contribution in [0.2, 0.25) is 5.02 Å². The minimum Gasteiger partial charge on any atom is -0.465 e. The molecule has 0 aromatic heterocycles. The van der Waals surface area contributed by atoms with Gasteiger partial charge in [-0.25, -0.2) is 0 Å². The number of ether oxygens (including phenoxy) is 1. The van der Waals surface area contributed by atoms with Gasteiger partial charge in [0.1, 0.15) is 5.69 Å². The van der Waals surface area contributed by atoms with Crippen molar-refractivity contribution in [3.05, 3.63) is 33.3 Å². The monoisotopic (exact) mass is 401 g/mol. The molecule has 142 valence electrons. The third kappa shape index (κ3) is 5.50. The van der Waals surface area contributed by atoms with Gasteiger partial charge in [0.25, 0.3) is 5.69 Å². The van der Waals surface area contributed by atoms with Gasteiger partial charge in [-0.05, 0) is 19.1 Å². The molecule has 0 spiro atoms. The van der Waals surface area contributed by atoms with E-state index in [2.05, 4.69) is 0 Å². The Morgan fingerprint density at radius 2 is 1.96 bits per heavy atom. The molecule has 1 fully saturated rings. The van der Waals surface area contributed by atoms with E-state index in [0.717, 1.165) is 0 Å². The fourth-order valence-electron chi connectivity index (χ4n) is 2.62. The average Bonchev–Trinajstić information content (AvgIpc) is 2.62. The fourth-order valence-corrected chi connectivity index (χ4v) is 3.50. The summed E-state index contributed by atoms with van der Waals surface area (Å²) in [5, 5.41) is 11.5. The Morgan fingerprint density at radius 1 is 1.27 bits per heavy atom. The van der Waals surface area contributed by atoms with Crippen molar-refractivity contribution in [3.63, 3.8) is 0 Å². The molecule has 0 atom stereocenters. The first kappa shape index (κ1) is 20.3. The van der Waals surface area contributed by atoms with Crippen molar-refractivity contribution in [2.75, 3.05) is 49.2 Å². The summed E-state index contributed by atoms with van der Waals surface area (Å²) in [6, 6.07) is 4.58. The summed E-state index contributed by atoms with van der Waals surface area (Å²) in [6.45, 7) is 4.00. The third-order valence-electron chi connectivity index (χ3n) is 3.86. The molecule has 0 radical (unpaired) electrons. The first-order valence-electron chi connectivity index (χ1n) is 8.12. The first-order chi connectivity index (χ1) is 12.4. The van der Waals surface area contributed by atoms with Crippen LogP contribution in [-0.4, -0.2) is 66.0 Å². The van der Waals surface area contributed by atoms with Crippen LogP contribution in [-0.2, 0) is 14.3 Å². The highest BCUT2D eigenvalue weighted by Gasteiger charge is 2.26. The number of anilines is 1. The van der Waals surface area contributed by atoms with Gasteiger partial charge in [0.05, 0.1) is 23.0 Å². The predicted octanol–water partition coefficient (Wildman–Crippen LogP) is 2.19. The lowest BCUT2D eigenvalue weighted by atomic mass is 10.2. The van der Waals surface area contributed by atoms with Crippen molar-refractivity contribution >= 4 is 46.6 Å². The highest BCUT2D eigenvalue weighted by molar-refractivity contribution is 8.00. The number of amides is 1. The molecular weight excluding hydrogens is 382 g/mol. The van der Waals surface area contributed by atoms with Gasteiger partial charge in [-0.1, -0.05) is 11.6 Å². The van der Waals surface area contributed by atoms with E-state index in [-0.39, 0.29) is 29.1 Å². The zero-order valence-electron chi connectivity index (χ0n) is 14.4. The minimum absolute atomic E-state index is 0.0396. The normalized spacial score (nSPS) is 14.2. The molecule has 0 saturated carbocycles. The lowest BCUT2D eigenvalue weighted by molar-refractivity contribution is -0.384. The molecule has 0 N–H and O–H groups in total. The lowest BCUT2D eigenvalue weighted by Crippen LogP contribution is -2.49. The summed E-state index contributed by atoms with van der Waals surface area (Å²) in [5.41, 5.74) is 0.463. The van der Waals surface area contributed by atoms with E-state index in [1.165, 1.54) is 17.8 Å². The Hall–Kier alpha value is -2.00. The van der Waals surface area contributed by atoms with Crippen LogP contribution in [0.25, 0.3) is 0 Å². The zero-order chi connectivity index (χ0) is 19.1. The molecule has 26 heavy (non-hydrogen) atoms. The van der Waals surface area contributed by atoms with Crippen molar-refractivity contribution in [2.45, 2.75) is 6.92 Å². The summed E-state index contributed by atoms with van der Waals surface area (Å²) in [5.74, 6) is -0.0223. The van der Waals surface area contributed by atoms with Crippen LogP contribution >= 0.6 is 23.4 Å². The molecule has 1 aliphatic rings. The topological polar surface area (TPSA) is 93.0 Å². The van der Waals surface area contributed by atoms with Crippen molar-refractivity contribution in [3.8, 4) is 0 Å². The molecule has 2 rings (SSSR count). The van der Waals surface area contributed by atoms with Gasteiger partial charge < -0.3 is 14.5 Å². The number of benzene rings is 1. The number of esters is 1. The van der Waals surface area contributed by atoms with Crippen LogP contribution in [0.4, 0.5) is 11.4 Å². The van der Waals surface area contributed by atoms with E-state index >= 15 is 0 Å². The summed E-state index contributed by atoms with van der Waals surface area (Å²) in [7, 11) is 0. The fraction of sp³-hybridized carbons (Fsp3) is 0.500. The standard InChI is InChI=1S/C16H20ClN3O5S/c1-2-25-16(22)11-26-10-15(21)19-7-5-18(6-8-19)13-4-3-12(17)9-14(13)20(23)24/h3-4,9H,2,5-8,10-11H2,1H3. The number of rotatable bonds is 7. The number of thioether (sulfide) groups is 1. The van der Waals surface area contributed by atoms with E-state index in [1.807, 2.05) is 4.90 Å². The van der Waals surface area contributed by atoms with Gasteiger partial charge in [-0.2, -0.15) is 0 Å². The molecule has 1 aliphatic heterocycles. The third-order valence-corrected chi connectivity index (χ3v) is 4.98. The second kappa shape index (κ2) is 9.63. The molecule has 1 saturated heterocycles. The molecule has 0 aliphatic carbocycles. The quantitative estimate of drug-likeness (QED) is 0.392. The molecule has 10 heteroatoms. The Morgan fingerprint density at radius 3 is 2.58 bits per heavy atom. The van der Waals surface area contributed by atoms with Crippen LogP contribution in [0, 0.1) is 10.1 Å². The highest BCUT2D eigenvalue weighted by Crippen LogP contribution is 2.31. The Bertz CT molecular complexity index is 680. The molecule has 8 nitrogen and oxygen atoms in total. The second-order valence-electron chi connectivity index (χ2n) is 5.56. The molecular formula is C16H20ClN3O5S. The summed E-state index contributed by atoms with van der Waals surface area (Å²) >= 11 is 7.07. The number of nitrogens with zero attached hydrogens (tertiary/aromatic N) is 3. The smallest absolute Gasteiger partial charge is 0.315 e. The molecule has 0 bridgehead atoms. The van der Waals surface area contributed by atoms with Crippen molar-refractivity contribution < 1.29 is 19.2 Å². The lowest BCUT2D eigenvalue weighted by Gasteiger charge is -2.35. The molecule has 0 unspecified atom stereocenters. The van der Waals surface area contributed by atoms with Crippen LogP contribution in [0.3, 0.4) is 0 Å². The average molecular weight is 402 g/mol. The van der Waals surface area contributed by atoms with E-state index in [1.54, 1.807) is 24.0 Å². The van der Waals surface area contributed by atoms with Gasteiger partial charge >= 0.3 is 5.97 Å². The maximum atomic E-state index is 12.2. The van der Waals surface area contributed by atoms with Crippen molar-refractivity contribution in [1.82, 2.24) is 4.90 Å². The molecule has 1 amide bonds. The first-order valence-corrected chi connectivity index (χ1v) is 9.65. The van der Waals surface area contributed by atoms with Crippen LogP contribution in [0.15, 0.2) is 18.2 Å². The van der Waals surface area contributed by atoms with Crippen LogP contribution in [0.5, 0.6) is 0 Å². The van der Waals surface area contributed by atoms with Gasteiger partial charge in [-0.3, -0.25) is 19.7 Å². The number of nitro benzene ring substituents is 1. The number of carbonyl (C=O) groups is 2. The van der Waals surface area contributed by atoms with E-state index in [9.17, 15) is 19.7 Å². The summed E-state index contributed by atoms with van der Waals surface area (Å²) in [6.07, 6.45) is 0. The number of halogens is 1. The van der Waals surface area contributed by atoms with Gasteiger partial charge in [0.15, 0.2) is 0 Å². The van der Waals surface area contributed by atoms with Crippen LogP contribution in [0.1, 0.15) is 6.92 Å². The predicted molar refractivity (Wildman–Crippen MR) is 101 cm³/mol. The SMILES string of the molecule is CCOC(=O)CSCC(=O)N1CCN(c2ccc(Cl)cc2[N+](=O)[O-])CC1. The zero-order valence-corrected chi connectivity index (χ0v) is 15.9. The Balaban J connectivity index is 1.86. The number of nitro groups is 1. The number of hydrogen-bond acceptors (Lipinski definition) is 7. The van der Waals surface area contributed by atoms with Gasteiger partial charge in [0, 0.05) is 37.3 Å². The largest absolute Gasteiger partial charge is 0.465 e. The molecule has 1 heterocycles. The summed E-state index contributed by atoms with van der Waals surface area (Å²) < 4.78 is 4.82. The van der Waals surface area contributed by atoms with Gasteiger partial charge in [-0.15, -0.1) is 11.8 Å². The van der Waals surface area contributed by atoms with E-state index < -0.39 is 4.92 Å². The Labute approximate surface area is 160 Å². The summed E-state index contributed by atoms with van der Waals surface area (Å²) in [4.78, 5) is 37.8. The maximum Gasteiger partial charge on any atom is 0.315 e. The van der Waals surface area contributed by atoms with E-state index in [0.29, 0.717) is 43.5 Å². The van der Waals surface area contributed by atoms with Crippen LogP contribution < -0.4 is 4.90 Å². The molecule has 1 aromatic carbocycles. The molecule has 1 aromatic rings. The highest BCUT2D eigenvalue weighted by atomic mass is 35.5. The minimum atomic E-state index is -0.454. The number of carbonyl (C=O) groups excluding carboxylic acids is 2. The number of hydrogen-bond donors (Lipinski definition) is 0.